The molecule has 2 rings (SSSR count). The SMILES string of the molecule is CCCC[C@H]1CC[C@H](c2ccc(C(F)C(F)(F)CCC)cc2)CC1. The summed E-state index contributed by atoms with van der Waals surface area (Å²) in [5.74, 6) is -1.91. The number of benzene rings is 1. The summed E-state index contributed by atoms with van der Waals surface area (Å²) in [7, 11) is 0. The first kappa shape index (κ1) is 19.3. The van der Waals surface area contributed by atoms with Gasteiger partial charge >= 0.3 is 0 Å². The van der Waals surface area contributed by atoms with Crippen molar-refractivity contribution in [2.45, 2.75) is 89.6 Å². The fourth-order valence-electron chi connectivity index (χ4n) is 3.92. The van der Waals surface area contributed by atoms with Gasteiger partial charge in [0.1, 0.15) is 0 Å². The minimum atomic E-state index is -3.27. The van der Waals surface area contributed by atoms with Gasteiger partial charge in [-0.15, -0.1) is 0 Å². The summed E-state index contributed by atoms with van der Waals surface area (Å²) < 4.78 is 41.6. The topological polar surface area (TPSA) is 0 Å². The van der Waals surface area contributed by atoms with E-state index >= 15 is 0 Å². The van der Waals surface area contributed by atoms with Crippen LogP contribution in [0.5, 0.6) is 0 Å². The third-order valence-electron chi connectivity index (χ3n) is 5.47. The Morgan fingerprint density at radius 2 is 1.62 bits per heavy atom. The molecule has 1 aromatic carbocycles. The van der Waals surface area contributed by atoms with E-state index in [0.717, 1.165) is 5.92 Å². The van der Waals surface area contributed by atoms with Crippen LogP contribution in [0.2, 0.25) is 0 Å². The lowest BCUT2D eigenvalue weighted by Crippen LogP contribution is -2.23. The average Bonchev–Trinajstić information content (AvgIpc) is 2.60. The molecule has 1 aromatic rings. The van der Waals surface area contributed by atoms with Gasteiger partial charge in [0.15, 0.2) is 6.17 Å². The Bertz CT molecular complexity index is 472. The zero-order valence-electron chi connectivity index (χ0n) is 15.0. The Hall–Kier alpha value is -0.990. The highest BCUT2D eigenvalue weighted by atomic mass is 19.3. The van der Waals surface area contributed by atoms with Crippen LogP contribution in [0.3, 0.4) is 0 Å². The van der Waals surface area contributed by atoms with E-state index in [0.29, 0.717) is 5.92 Å². The van der Waals surface area contributed by atoms with Gasteiger partial charge in [-0.1, -0.05) is 63.8 Å². The normalized spacial score (nSPS) is 23.2. The van der Waals surface area contributed by atoms with E-state index in [-0.39, 0.29) is 12.0 Å². The molecule has 1 fully saturated rings. The van der Waals surface area contributed by atoms with Gasteiger partial charge in [-0.05, 0) is 48.6 Å². The summed E-state index contributed by atoms with van der Waals surface area (Å²) in [5.41, 5.74) is 1.28. The molecule has 1 atom stereocenters. The van der Waals surface area contributed by atoms with Gasteiger partial charge in [0.05, 0.1) is 0 Å². The fraction of sp³-hybridized carbons (Fsp3) is 0.714. The van der Waals surface area contributed by atoms with E-state index in [1.807, 2.05) is 12.1 Å². The van der Waals surface area contributed by atoms with E-state index in [9.17, 15) is 13.2 Å². The Balaban J connectivity index is 1.93. The second kappa shape index (κ2) is 8.92. The summed E-state index contributed by atoms with van der Waals surface area (Å²) in [6.07, 6.45) is 6.43. The van der Waals surface area contributed by atoms with Gasteiger partial charge < -0.3 is 0 Å². The first-order valence-electron chi connectivity index (χ1n) is 9.59. The molecule has 1 saturated carbocycles. The lowest BCUT2D eigenvalue weighted by molar-refractivity contribution is -0.0807. The van der Waals surface area contributed by atoms with E-state index in [2.05, 4.69) is 6.92 Å². The number of hydrogen-bond donors (Lipinski definition) is 0. The molecule has 0 aliphatic heterocycles. The summed E-state index contributed by atoms with van der Waals surface area (Å²) in [5, 5.41) is 0. The molecule has 0 aromatic heterocycles. The van der Waals surface area contributed by atoms with E-state index in [1.165, 1.54) is 50.5 Å². The summed E-state index contributed by atoms with van der Waals surface area (Å²) >= 11 is 0. The van der Waals surface area contributed by atoms with Crippen LogP contribution in [0.15, 0.2) is 24.3 Å². The molecular weight excluding hydrogens is 309 g/mol. The van der Waals surface area contributed by atoms with Crippen LogP contribution in [-0.4, -0.2) is 5.92 Å². The van der Waals surface area contributed by atoms with Crippen LogP contribution >= 0.6 is 0 Å². The number of halogens is 3. The van der Waals surface area contributed by atoms with Gasteiger partial charge in [0.2, 0.25) is 0 Å². The van der Waals surface area contributed by atoms with Crippen molar-refractivity contribution >= 4 is 0 Å². The monoisotopic (exact) mass is 340 g/mol. The summed E-state index contributed by atoms with van der Waals surface area (Å²) in [4.78, 5) is 0. The van der Waals surface area contributed by atoms with Crippen LogP contribution in [0.4, 0.5) is 13.2 Å². The second-order valence-electron chi connectivity index (χ2n) is 7.40. The van der Waals surface area contributed by atoms with E-state index < -0.39 is 18.5 Å². The maximum absolute atomic E-state index is 14.1. The standard InChI is InChI=1S/C21H31F3/c1-3-5-6-16-7-9-17(10-8-16)18-11-13-19(14-12-18)20(22)21(23,24)15-4-2/h11-14,16-17,20H,3-10,15H2,1-2H3/t16-,17-,20?. The Labute approximate surface area is 144 Å². The number of unbranched alkanes of at least 4 members (excludes halogenated alkanes) is 1. The second-order valence-corrected chi connectivity index (χ2v) is 7.40. The molecule has 0 radical (unpaired) electrons. The van der Waals surface area contributed by atoms with Crippen LogP contribution in [-0.2, 0) is 0 Å². The Morgan fingerprint density at radius 1 is 1.00 bits per heavy atom. The quantitative estimate of drug-likeness (QED) is 0.457. The molecule has 0 amide bonds. The lowest BCUT2D eigenvalue weighted by Gasteiger charge is -2.29. The molecule has 1 aliphatic rings. The smallest absolute Gasteiger partial charge is 0.236 e. The van der Waals surface area contributed by atoms with Crippen LogP contribution in [0.25, 0.3) is 0 Å². The largest absolute Gasteiger partial charge is 0.282 e. The molecule has 0 spiro atoms. The first-order chi connectivity index (χ1) is 11.5. The van der Waals surface area contributed by atoms with Crippen molar-refractivity contribution < 1.29 is 13.2 Å². The van der Waals surface area contributed by atoms with Crippen LogP contribution in [0.1, 0.15) is 94.9 Å². The maximum Gasteiger partial charge on any atom is 0.282 e. The molecule has 0 N–H and O–H groups in total. The molecule has 3 heteroatoms. The predicted octanol–water partition coefficient (Wildman–Crippen LogP) is 7.60. The third-order valence-corrected chi connectivity index (χ3v) is 5.47. The Kier molecular flexibility index (Phi) is 7.18. The highest BCUT2D eigenvalue weighted by molar-refractivity contribution is 5.28. The average molecular weight is 340 g/mol. The zero-order valence-corrected chi connectivity index (χ0v) is 15.0. The number of rotatable bonds is 8. The van der Waals surface area contributed by atoms with Crippen molar-refractivity contribution in [1.29, 1.82) is 0 Å². The van der Waals surface area contributed by atoms with Crippen molar-refractivity contribution in [1.82, 2.24) is 0 Å². The van der Waals surface area contributed by atoms with Crippen molar-refractivity contribution in [3.63, 3.8) is 0 Å². The zero-order chi connectivity index (χ0) is 17.6. The summed E-state index contributed by atoms with van der Waals surface area (Å²) in [6.45, 7) is 3.88. The Morgan fingerprint density at radius 3 is 2.17 bits per heavy atom. The minimum Gasteiger partial charge on any atom is -0.236 e. The molecule has 0 saturated heterocycles. The summed E-state index contributed by atoms with van der Waals surface area (Å²) in [6, 6.07) is 6.85. The highest BCUT2D eigenvalue weighted by Crippen LogP contribution is 2.40. The molecule has 1 unspecified atom stereocenters. The predicted molar refractivity (Wildman–Crippen MR) is 94.4 cm³/mol. The third kappa shape index (κ3) is 5.00. The van der Waals surface area contributed by atoms with Gasteiger partial charge in [-0.2, -0.15) is 0 Å². The lowest BCUT2D eigenvalue weighted by atomic mass is 9.77. The van der Waals surface area contributed by atoms with E-state index in [1.54, 1.807) is 19.1 Å². The first-order valence-corrected chi connectivity index (χ1v) is 9.59. The molecular formula is C21H31F3. The van der Waals surface area contributed by atoms with Gasteiger partial charge in [0.25, 0.3) is 5.92 Å². The van der Waals surface area contributed by atoms with Gasteiger partial charge in [-0.25, -0.2) is 13.2 Å². The van der Waals surface area contributed by atoms with E-state index in [4.69, 9.17) is 0 Å². The molecule has 0 nitrogen and oxygen atoms in total. The minimum absolute atomic E-state index is 0.105. The number of hydrogen-bond acceptors (Lipinski definition) is 0. The molecule has 136 valence electrons. The van der Waals surface area contributed by atoms with Gasteiger partial charge in [0, 0.05) is 6.42 Å². The molecule has 0 bridgehead atoms. The fourth-order valence-corrected chi connectivity index (χ4v) is 3.92. The van der Waals surface area contributed by atoms with Crippen molar-refractivity contribution in [3.05, 3.63) is 35.4 Å². The number of alkyl halides is 3. The van der Waals surface area contributed by atoms with Crippen molar-refractivity contribution in [2.75, 3.05) is 0 Å². The molecule has 24 heavy (non-hydrogen) atoms. The van der Waals surface area contributed by atoms with Gasteiger partial charge in [-0.3, -0.25) is 0 Å². The highest BCUT2D eigenvalue weighted by Gasteiger charge is 2.40. The maximum atomic E-state index is 14.1. The van der Waals surface area contributed by atoms with Crippen LogP contribution in [0, 0.1) is 5.92 Å². The van der Waals surface area contributed by atoms with Crippen LogP contribution < -0.4 is 0 Å². The van der Waals surface area contributed by atoms with Crippen molar-refractivity contribution in [3.8, 4) is 0 Å². The molecule has 0 heterocycles. The van der Waals surface area contributed by atoms with Crippen molar-refractivity contribution in [2.24, 2.45) is 5.92 Å². The molecule has 1 aliphatic carbocycles.